The zero-order valence-corrected chi connectivity index (χ0v) is 15.3. The summed E-state index contributed by atoms with van der Waals surface area (Å²) in [4.78, 5) is 10.9. The van der Waals surface area contributed by atoms with Crippen LogP contribution in [-0.4, -0.2) is 59.7 Å². The van der Waals surface area contributed by atoms with Gasteiger partial charge < -0.3 is 24.2 Å². The van der Waals surface area contributed by atoms with Crippen LogP contribution >= 0.6 is 0 Å². The second kappa shape index (κ2) is 7.57. The molecule has 5 rings (SSSR count). The highest BCUT2D eigenvalue weighted by molar-refractivity contribution is 5.55. The van der Waals surface area contributed by atoms with E-state index in [2.05, 4.69) is 20.4 Å². The Labute approximate surface area is 162 Å². The average Bonchev–Trinajstić information content (AvgIpc) is 3.35. The van der Waals surface area contributed by atoms with Crippen molar-refractivity contribution in [3.05, 3.63) is 54.7 Å². The van der Waals surface area contributed by atoms with E-state index in [0.717, 1.165) is 11.4 Å². The Balaban J connectivity index is 1.21. The minimum Gasteiger partial charge on any atom is -0.371 e. The fourth-order valence-corrected chi connectivity index (χ4v) is 3.54. The summed E-state index contributed by atoms with van der Waals surface area (Å²) in [5.41, 5.74) is 0.932. The van der Waals surface area contributed by atoms with Crippen LogP contribution in [-0.2, 0) is 9.47 Å². The topological polar surface area (TPSA) is 85.5 Å². The van der Waals surface area contributed by atoms with E-state index in [4.69, 9.17) is 14.0 Å². The molecule has 2 fully saturated rings. The van der Waals surface area contributed by atoms with Gasteiger partial charge in [-0.25, -0.2) is 4.98 Å². The van der Waals surface area contributed by atoms with Gasteiger partial charge in [0.2, 0.25) is 5.82 Å². The SMILES string of the molecule is c1ccc(-c2noc(N3C[C@@H]4OCC(Nc5ccccn5)CO[C@H]4C3)n2)cc1. The van der Waals surface area contributed by atoms with Crippen LogP contribution in [0.3, 0.4) is 0 Å². The Hall–Kier alpha value is -2.97. The molecule has 0 unspecified atom stereocenters. The molecule has 8 nitrogen and oxygen atoms in total. The molecule has 0 amide bonds. The Bertz CT molecular complexity index is 888. The van der Waals surface area contributed by atoms with Crippen molar-refractivity contribution in [3.63, 3.8) is 0 Å². The van der Waals surface area contributed by atoms with Gasteiger partial charge in [-0.3, -0.25) is 0 Å². The van der Waals surface area contributed by atoms with Crippen molar-refractivity contribution in [1.82, 2.24) is 15.1 Å². The maximum atomic E-state index is 6.11. The third kappa shape index (κ3) is 3.56. The van der Waals surface area contributed by atoms with Crippen molar-refractivity contribution >= 4 is 11.8 Å². The molecule has 28 heavy (non-hydrogen) atoms. The fraction of sp³-hybridized carbons (Fsp3) is 0.350. The van der Waals surface area contributed by atoms with Gasteiger partial charge in [-0.1, -0.05) is 41.6 Å². The summed E-state index contributed by atoms with van der Waals surface area (Å²) in [6, 6.07) is 16.2. The van der Waals surface area contributed by atoms with E-state index in [-0.39, 0.29) is 18.2 Å². The Kier molecular flexibility index (Phi) is 4.64. The summed E-state index contributed by atoms with van der Waals surface area (Å²) >= 11 is 0. The van der Waals surface area contributed by atoms with Crippen LogP contribution in [0.15, 0.2) is 59.3 Å². The molecular weight excluding hydrogens is 358 g/mol. The molecule has 1 N–H and O–H groups in total. The van der Waals surface area contributed by atoms with Crippen molar-refractivity contribution in [2.45, 2.75) is 18.2 Å². The Morgan fingerprint density at radius 2 is 1.68 bits per heavy atom. The number of fused-ring (bicyclic) bond motifs is 1. The monoisotopic (exact) mass is 379 g/mol. The van der Waals surface area contributed by atoms with Gasteiger partial charge in [-0.15, -0.1) is 0 Å². The van der Waals surface area contributed by atoms with Gasteiger partial charge in [0.05, 0.1) is 32.3 Å². The number of hydrogen-bond donors (Lipinski definition) is 1. The first-order valence-electron chi connectivity index (χ1n) is 9.40. The normalized spacial score (nSPS) is 22.6. The summed E-state index contributed by atoms with van der Waals surface area (Å²) in [7, 11) is 0. The van der Waals surface area contributed by atoms with Crippen molar-refractivity contribution in [2.75, 3.05) is 36.5 Å². The summed E-state index contributed by atoms with van der Waals surface area (Å²) in [6.45, 7) is 2.45. The van der Waals surface area contributed by atoms with E-state index in [1.165, 1.54) is 0 Å². The van der Waals surface area contributed by atoms with Crippen molar-refractivity contribution in [2.24, 2.45) is 0 Å². The number of nitrogens with zero attached hydrogens (tertiary/aromatic N) is 4. The fourth-order valence-electron chi connectivity index (χ4n) is 3.54. The number of anilines is 2. The number of benzene rings is 1. The van der Waals surface area contributed by atoms with Gasteiger partial charge in [0.15, 0.2) is 0 Å². The van der Waals surface area contributed by atoms with Crippen molar-refractivity contribution in [3.8, 4) is 11.4 Å². The van der Waals surface area contributed by atoms with Crippen LogP contribution in [0, 0.1) is 0 Å². The number of pyridine rings is 1. The molecule has 4 heterocycles. The molecule has 2 atom stereocenters. The van der Waals surface area contributed by atoms with Gasteiger partial charge in [-0.05, 0) is 12.1 Å². The largest absolute Gasteiger partial charge is 0.371 e. The predicted molar refractivity (Wildman–Crippen MR) is 103 cm³/mol. The van der Waals surface area contributed by atoms with Gasteiger partial charge >= 0.3 is 6.01 Å². The highest BCUT2D eigenvalue weighted by Crippen LogP contribution is 2.27. The second-order valence-electron chi connectivity index (χ2n) is 6.97. The molecular formula is C20H21N5O3. The third-order valence-electron chi connectivity index (χ3n) is 4.97. The number of ether oxygens (including phenoxy) is 2. The lowest BCUT2D eigenvalue weighted by Gasteiger charge is -2.18. The van der Waals surface area contributed by atoms with Crippen molar-refractivity contribution < 1.29 is 14.0 Å². The molecule has 2 aromatic heterocycles. The number of rotatable bonds is 4. The van der Waals surface area contributed by atoms with Crippen LogP contribution in [0.2, 0.25) is 0 Å². The summed E-state index contributed by atoms with van der Waals surface area (Å²) in [5, 5.41) is 7.46. The molecule has 2 saturated heterocycles. The molecule has 2 aliphatic rings. The molecule has 0 saturated carbocycles. The van der Waals surface area contributed by atoms with E-state index >= 15 is 0 Å². The van der Waals surface area contributed by atoms with Crippen LogP contribution in [0.5, 0.6) is 0 Å². The predicted octanol–water partition coefficient (Wildman–Crippen LogP) is 2.22. The summed E-state index contributed by atoms with van der Waals surface area (Å²) < 4.78 is 17.7. The van der Waals surface area contributed by atoms with E-state index in [0.29, 0.717) is 38.1 Å². The molecule has 0 aliphatic carbocycles. The molecule has 0 radical (unpaired) electrons. The highest BCUT2D eigenvalue weighted by Gasteiger charge is 2.39. The Morgan fingerprint density at radius 1 is 0.929 bits per heavy atom. The standard InChI is InChI=1S/C20H21N5O3/c1-2-6-14(7-3-1)19-23-20(28-24-19)25-10-16-17(11-25)27-13-15(12-26-16)22-18-8-4-5-9-21-18/h1-9,15-17H,10-13H2,(H,21,22)/t16-,17-/m0/s1. The minimum absolute atomic E-state index is 0.0254. The molecule has 1 aromatic carbocycles. The zero-order valence-electron chi connectivity index (χ0n) is 15.3. The maximum Gasteiger partial charge on any atom is 0.324 e. The lowest BCUT2D eigenvalue weighted by Crippen LogP contribution is -2.31. The van der Waals surface area contributed by atoms with Crippen LogP contribution < -0.4 is 10.2 Å². The lowest BCUT2D eigenvalue weighted by atomic mass is 10.2. The van der Waals surface area contributed by atoms with E-state index in [1.54, 1.807) is 6.20 Å². The first-order chi connectivity index (χ1) is 13.8. The average molecular weight is 379 g/mol. The van der Waals surface area contributed by atoms with Gasteiger partial charge in [0.1, 0.15) is 18.0 Å². The van der Waals surface area contributed by atoms with E-state index < -0.39 is 0 Å². The van der Waals surface area contributed by atoms with Gasteiger partial charge in [0.25, 0.3) is 0 Å². The number of nitrogens with one attached hydrogen (secondary N) is 1. The van der Waals surface area contributed by atoms with Crippen LogP contribution in [0.4, 0.5) is 11.8 Å². The number of aromatic nitrogens is 3. The minimum atomic E-state index is -0.0254. The van der Waals surface area contributed by atoms with E-state index in [1.807, 2.05) is 53.4 Å². The molecule has 8 heteroatoms. The first kappa shape index (κ1) is 17.2. The zero-order chi connectivity index (χ0) is 18.8. The highest BCUT2D eigenvalue weighted by atomic mass is 16.6. The lowest BCUT2D eigenvalue weighted by molar-refractivity contribution is -0.00461. The summed E-state index contributed by atoms with van der Waals surface area (Å²) in [5.74, 6) is 1.41. The third-order valence-corrected chi connectivity index (χ3v) is 4.97. The second-order valence-corrected chi connectivity index (χ2v) is 6.97. The molecule has 3 aromatic rings. The molecule has 144 valence electrons. The van der Waals surface area contributed by atoms with Gasteiger partial charge in [-0.2, -0.15) is 4.98 Å². The number of hydrogen-bond acceptors (Lipinski definition) is 8. The maximum absolute atomic E-state index is 6.11. The van der Waals surface area contributed by atoms with E-state index in [9.17, 15) is 0 Å². The molecule has 0 spiro atoms. The molecule has 2 aliphatic heterocycles. The first-order valence-corrected chi connectivity index (χ1v) is 9.40. The van der Waals surface area contributed by atoms with Crippen LogP contribution in [0.1, 0.15) is 0 Å². The van der Waals surface area contributed by atoms with Gasteiger partial charge in [0, 0.05) is 11.8 Å². The quantitative estimate of drug-likeness (QED) is 0.739. The smallest absolute Gasteiger partial charge is 0.324 e. The molecule has 0 bridgehead atoms. The summed E-state index contributed by atoms with van der Waals surface area (Å²) in [6.07, 6.45) is 1.71. The Morgan fingerprint density at radius 3 is 2.39 bits per heavy atom. The van der Waals surface area contributed by atoms with Crippen molar-refractivity contribution in [1.29, 1.82) is 0 Å². The van der Waals surface area contributed by atoms with Crippen LogP contribution in [0.25, 0.3) is 11.4 Å².